The molecule has 1 unspecified atom stereocenters. The van der Waals surface area contributed by atoms with Crippen LogP contribution in [0.15, 0.2) is 24.3 Å². The van der Waals surface area contributed by atoms with Crippen molar-refractivity contribution in [2.24, 2.45) is 5.41 Å². The number of aryl methyl sites for hydroxylation is 1. The van der Waals surface area contributed by atoms with E-state index in [0.29, 0.717) is 12.8 Å². The van der Waals surface area contributed by atoms with Crippen LogP contribution in [0.5, 0.6) is 0 Å². The second kappa shape index (κ2) is 7.83. The Morgan fingerprint density at radius 3 is 2.19 bits per heavy atom. The first kappa shape index (κ1) is 17.2. The van der Waals surface area contributed by atoms with Crippen LogP contribution in [0.2, 0.25) is 0 Å². The quantitative estimate of drug-likeness (QED) is 0.813. The van der Waals surface area contributed by atoms with Gasteiger partial charge < -0.3 is 5.32 Å². The minimum atomic E-state index is -0.886. The number of nitriles is 1. The smallest absolute Gasteiger partial charge is 0.240 e. The molecule has 0 aliphatic carbocycles. The molecule has 0 saturated heterocycles. The minimum absolute atomic E-state index is 0.0838. The summed E-state index contributed by atoms with van der Waals surface area (Å²) in [5.74, 6) is -0.137. The number of hydrogen-bond acceptors (Lipinski definition) is 2. The molecule has 1 amide bonds. The lowest BCUT2D eigenvalue weighted by atomic mass is 9.79. The first-order chi connectivity index (χ1) is 9.99. The SMILES string of the molecule is CCCC(C#N)(CCC)C(=O)NC(C)c1ccc(C)cc1. The van der Waals surface area contributed by atoms with Crippen LogP contribution in [0.4, 0.5) is 0 Å². The summed E-state index contributed by atoms with van der Waals surface area (Å²) >= 11 is 0. The van der Waals surface area contributed by atoms with Gasteiger partial charge in [-0.3, -0.25) is 4.79 Å². The van der Waals surface area contributed by atoms with E-state index in [9.17, 15) is 10.1 Å². The molecule has 0 aliphatic heterocycles. The summed E-state index contributed by atoms with van der Waals surface area (Å²) in [6, 6.07) is 10.3. The maximum absolute atomic E-state index is 12.6. The predicted octanol–water partition coefficient (Wildman–Crippen LogP) is 4.28. The highest BCUT2D eigenvalue weighted by Crippen LogP contribution is 2.30. The lowest BCUT2D eigenvalue weighted by Crippen LogP contribution is -2.41. The Morgan fingerprint density at radius 1 is 1.24 bits per heavy atom. The summed E-state index contributed by atoms with van der Waals surface area (Å²) in [6.45, 7) is 8.02. The van der Waals surface area contributed by atoms with Gasteiger partial charge in [0.05, 0.1) is 12.1 Å². The first-order valence-electron chi connectivity index (χ1n) is 7.78. The molecule has 0 aliphatic rings. The minimum Gasteiger partial charge on any atom is -0.348 e. The Bertz CT molecular complexity index is 493. The fraction of sp³-hybridized carbons (Fsp3) is 0.556. The number of carbonyl (C=O) groups is 1. The maximum Gasteiger partial charge on any atom is 0.240 e. The first-order valence-corrected chi connectivity index (χ1v) is 7.78. The van der Waals surface area contributed by atoms with E-state index < -0.39 is 5.41 Å². The maximum atomic E-state index is 12.6. The number of nitrogens with zero attached hydrogens (tertiary/aromatic N) is 1. The van der Waals surface area contributed by atoms with Crippen molar-refractivity contribution in [3.63, 3.8) is 0 Å². The van der Waals surface area contributed by atoms with Gasteiger partial charge in [-0.05, 0) is 32.3 Å². The van der Waals surface area contributed by atoms with E-state index in [1.54, 1.807) is 0 Å². The molecule has 0 radical (unpaired) electrons. The van der Waals surface area contributed by atoms with Crippen LogP contribution in [0, 0.1) is 23.7 Å². The number of rotatable bonds is 7. The van der Waals surface area contributed by atoms with Gasteiger partial charge in [0.25, 0.3) is 0 Å². The van der Waals surface area contributed by atoms with Gasteiger partial charge in [0.2, 0.25) is 5.91 Å². The standard InChI is InChI=1S/C18H26N2O/c1-5-11-18(13-19,12-6-2)17(21)20-15(4)16-9-7-14(3)8-10-16/h7-10,15H,5-6,11-12H2,1-4H3,(H,20,21). The third-order valence-electron chi connectivity index (χ3n) is 3.93. The van der Waals surface area contributed by atoms with Gasteiger partial charge in [0.1, 0.15) is 5.41 Å². The van der Waals surface area contributed by atoms with Gasteiger partial charge in [0, 0.05) is 0 Å². The van der Waals surface area contributed by atoms with Crippen molar-refractivity contribution in [1.29, 1.82) is 5.26 Å². The number of amides is 1. The molecular weight excluding hydrogens is 260 g/mol. The fourth-order valence-corrected chi connectivity index (χ4v) is 2.64. The molecule has 0 bridgehead atoms. The summed E-state index contributed by atoms with van der Waals surface area (Å²) in [5, 5.41) is 12.5. The number of carbonyl (C=O) groups excluding carboxylic acids is 1. The summed E-state index contributed by atoms with van der Waals surface area (Å²) in [4.78, 5) is 12.6. The molecule has 0 fully saturated rings. The average Bonchev–Trinajstić information content (AvgIpc) is 2.47. The van der Waals surface area contributed by atoms with Crippen molar-refractivity contribution in [3.05, 3.63) is 35.4 Å². The van der Waals surface area contributed by atoms with Crippen LogP contribution >= 0.6 is 0 Å². The largest absolute Gasteiger partial charge is 0.348 e. The number of nitrogens with one attached hydrogen (secondary N) is 1. The molecule has 3 heteroatoms. The molecule has 1 N–H and O–H groups in total. The molecule has 0 saturated carbocycles. The fourth-order valence-electron chi connectivity index (χ4n) is 2.64. The van der Waals surface area contributed by atoms with Crippen LogP contribution in [-0.2, 0) is 4.79 Å². The summed E-state index contributed by atoms with van der Waals surface area (Å²) in [5.41, 5.74) is 1.37. The van der Waals surface area contributed by atoms with E-state index in [-0.39, 0.29) is 11.9 Å². The van der Waals surface area contributed by atoms with E-state index in [2.05, 4.69) is 11.4 Å². The molecule has 21 heavy (non-hydrogen) atoms. The van der Waals surface area contributed by atoms with Gasteiger partial charge in [-0.2, -0.15) is 5.26 Å². The van der Waals surface area contributed by atoms with E-state index in [0.717, 1.165) is 18.4 Å². The van der Waals surface area contributed by atoms with Gasteiger partial charge in [-0.1, -0.05) is 56.5 Å². The highest BCUT2D eigenvalue weighted by Gasteiger charge is 2.37. The van der Waals surface area contributed by atoms with Crippen molar-refractivity contribution >= 4 is 5.91 Å². The second-order valence-electron chi connectivity index (χ2n) is 5.80. The number of hydrogen-bond donors (Lipinski definition) is 1. The van der Waals surface area contributed by atoms with Crippen molar-refractivity contribution in [2.75, 3.05) is 0 Å². The third-order valence-corrected chi connectivity index (χ3v) is 3.93. The molecule has 1 aromatic carbocycles. The monoisotopic (exact) mass is 286 g/mol. The zero-order valence-electron chi connectivity index (χ0n) is 13.6. The molecular formula is C18H26N2O. The van der Waals surface area contributed by atoms with Crippen molar-refractivity contribution in [1.82, 2.24) is 5.32 Å². The molecule has 0 heterocycles. The molecule has 0 spiro atoms. The summed E-state index contributed by atoms with van der Waals surface area (Å²) in [7, 11) is 0. The topological polar surface area (TPSA) is 52.9 Å². The Morgan fingerprint density at radius 2 is 1.76 bits per heavy atom. The van der Waals surface area contributed by atoms with Crippen molar-refractivity contribution in [2.45, 2.75) is 59.4 Å². The molecule has 3 nitrogen and oxygen atoms in total. The zero-order valence-corrected chi connectivity index (χ0v) is 13.6. The lowest BCUT2D eigenvalue weighted by molar-refractivity contribution is -0.129. The van der Waals surface area contributed by atoms with E-state index in [1.807, 2.05) is 52.0 Å². The third kappa shape index (κ3) is 4.32. The Hall–Kier alpha value is -1.82. The molecule has 0 aromatic heterocycles. The molecule has 1 aromatic rings. The summed E-state index contributed by atoms with van der Waals surface area (Å²) < 4.78 is 0. The molecule has 1 atom stereocenters. The second-order valence-corrected chi connectivity index (χ2v) is 5.80. The average molecular weight is 286 g/mol. The predicted molar refractivity (Wildman–Crippen MR) is 85.6 cm³/mol. The van der Waals surface area contributed by atoms with Crippen LogP contribution < -0.4 is 5.32 Å². The van der Waals surface area contributed by atoms with Gasteiger partial charge >= 0.3 is 0 Å². The Balaban J connectivity index is 2.86. The van der Waals surface area contributed by atoms with Gasteiger partial charge in [-0.25, -0.2) is 0 Å². The summed E-state index contributed by atoms with van der Waals surface area (Å²) in [6.07, 6.45) is 2.90. The van der Waals surface area contributed by atoms with Crippen molar-refractivity contribution < 1.29 is 4.79 Å². The lowest BCUT2D eigenvalue weighted by Gasteiger charge is -2.27. The van der Waals surface area contributed by atoms with Gasteiger partial charge in [-0.15, -0.1) is 0 Å². The van der Waals surface area contributed by atoms with E-state index >= 15 is 0 Å². The van der Waals surface area contributed by atoms with E-state index in [1.165, 1.54) is 5.56 Å². The van der Waals surface area contributed by atoms with Crippen LogP contribution in [0.1, 0.15) is 63.6 Å². The highest BCUT2D eigenvalue weighted by molar-refractivity contribution is 5.85. The highest BCUT2D eigenvalue weighted by atomic mass is 16.2. The number of benzene rings is 1. The molecule has 1 rings (SSSR count). The van der Waals surface area contributed by atoms with E-state index in [4.69, 9.17) is 0 Å². The Kier molecular flexibility index (Phi) is 6.42. The zero-order chi connectivity index (χ0) is 15.9. The molecule has 114 valence electrons. The Labute approximate surface area is 128 Å². The van der Waals surface area contributed by atoms with Crippen LogP contribution in [0.3, 0.4) is 0 Å². The van der Waals surface area contributed by atoms with Crippen molar-refractivity contribution in [3.8, 4) is 6.07 Å². The normalized spacial score (nSPS) is 12.5. The van der Waals surface area contributed by atoms with Crippen LogP contribution in [-0.4, -0.2) is 5.91 Å². The van der Waals surface area contributed by atoms with Gasteiger partial charge in [0.15, 0.2) is 0 Å². The van der Waals surface area contributed by atoms with Crippen LogP contribution in [0.25, 0.3) is 0 Å².